The maximum absolute atomic E-state index is 13.6. The molecule has 2 aromatic carbocycles. The summed E-state index contributed by atoms with van der Waals surface area (Å²) in [6.07, 6.45) is 8.45. The van der Waals surface area contributed by atoms with Gasteiger partial charge in [-0.25, -0.2) is 8.42 Å². The van der Waals surface area contributed by atoms with Crippen LogP contribution in [0.2, 0.25) is 0 Å². The normalized spacial score (nSPS) is 21.4. The van der Waals surface area contributed by atoms with Gasteiger partial charge >= 0.3 is 0 Å². The van der Waals surface area contributed by atoms with E-state index in [4.69, 9.17) is 0 Å². The van der Waals surface area contributed by atoms with Gasteiger partial charge in [0.05, 0.1) is 10.9 Å². The molecule has 144 valence electrons. The summed E-state index contributed by atoms with van der Waals surface area (Å²) in [4.78, 5) is 0.474. The molecule has 0 saturated carbocycles. The third-order valence-corrected chi connectivity index (χ3v) is 8.00. The molecule has 0 amide bonds. The molecule has 1 atom stereocenters. The van der Waals surface area contributed by atoms with Crippen LogP contribution in [0.1, 0.15) is 66.8 Å². The van der Waals surface area contributed by atoms with Crippen LogP contribution in [0.25, 0.3) is 0 Å². The van der Waals surface area contributed by atoms with Crippen LogP contribution in [0.4, 0.5) is 0 Å². The van der Waals surface area contributed by atoms with Crippen LogP contribution in [0.5, 0.6) is 0 Å². The molecular weight excluding hydrogens is 354 g/mol. The molecule has 0 bridgehead atoms. The predicted octanol–water partition coefficient (Wildman–Crippen LogP) is 5.18. The molecule has 0 aromatic heterocycles. The quantitative estimate of drug-likeness (QED) is 0.732. The number of hydrogen-bond acceptors (Lipinski definition) is 2. The number of fused-ring (bicyclic) bond motifs is 1. The Morgan fingerprint density at radius 2 is 1.59 bits per heavy atom. The fourth-order valence-electron chi connectivity index (χ4n) is 4.50. The van der Waals surface area contributed by atoms with Gasteiger partial charge < -0.3 is 0 Å². The van der Waals surface area contributed by atoms with Crippen molar-refractivity contribution in [3.63, 3.8) is 0 Å². The van der Waals surface area contributed by atoms with Gasteiger partial charge in [-0.3, -0.25) is 0 Å². The zero-order valence-electron chi connectivity index (χ0n) is 16.2. The van der Waals surface area contributed by atoms with E-state index in [-0.39, 0.29) is 6.04 Å². The molecule has 27 heavy (non-hydrogen) atoms. The van der Waals surface area contributed by atoms with Crippen LogP contribution in [0.15, 0.2) is 47.4 Å². The van der Waals surface area contributed by atoms with Gasteiger partial charge in [-0.2, -0.15) is 4.31 Å². The first-order valence-corrected chi connectivity index (χ1v) is 11.7. The fraction of sp³-hybridized carbons (Fsp3) is 0.478. The van der Waals surface area contributed by atoms with E-state index < -0.39 is 10.0 Å². The van der Waals surface area contributed by atoms with Gasteiger partial charge in [0.2, 0.25) is 10.0 Å². The first-order chi connectivity index (χ1) is 13.1. The Morgan fingerprint density at radius 3 is 2.37 bits per heavy atom. The zero-order chi connectivity index (χ0) is 18.9. The Hall–Kier alpha value is -1.65. The number of benzene rings is 2. The first-order valence-electron chi connectivity index (χ1n) is 10.3. The Bertz CT molecular complexity index is 902. The standard InChI is InChI=1S/C23H29NO2S/c1-18-10-12-20(13-11-18)23-9-3-2-6-16-24(23)27(25,26)22-15-14-19-7-4-5-8-21(19)17-22/h10-15,17,23H,2-9,16H2,1H3/t23-/m0/s1. The molecule has 2 aromatic rings. The van der Waals surface area contributed by atoms with Gasteiger partial charge in [-0.15, -0.1) is 0 Å². The maximum atomic E-state index is 13.6. The number of hydrogen-bond donors (Lipinski definition) is 0. The summed E-state index contributed by atoms with van der Waals surface area (Å²) in [5, 5.41) is 0. The molecule has 3 nitrogen and oxygen atoms in total. The molecule has 4 heteroatoms. The molecule has 0 unspecified atom stereocenters. The van der Waals surface area contributed by atoms with Crippen molar-refractivity contribution in [2.75, 3.05) is 6.54 Å². The molecule has 0 radical (unpaired) electrons. The number of aryl methyl sites for hydroxylation is 3. The van der Waals surface area contributed by atoms with Crippen LogP contribution in [-0.4, -0.2) is 19.3 Å². The summed E-state index contributed by atoms with van der Waals surface area (Å²) in [5.74, 6) is 0. The number of nitrogens with zero attached hydrogens (tertiary/aromatic N) is 1. The molecule has 0 spiro atoms. The lowest BCUT2D eigenvalue weighted by Crippen LogP contribution is -2.35. The highest BCUT2D eigenvalue weighted by Crippen LogP contribution is 2.35. The van der Waals surface area contributed by atoms with E-state index in [2.05, 4.69) is 31.2 Å². The van der Waals surface area contributed by atoms with Gasteiger partial charge in [-0.05, 0) is 74.3 Å². The number of rotatable bonds is 3. The van der Waals surface area contributed by atoms with E-state index in [9.17, 15) is 8.42 Å². The van der Waals surface area contributed by atoms with Crippen LogP contribution in [-0.2, 0) is 22.9 Å². The second-order valence-corrected chi connectivity index (χ2v) is 9.92. The highest BCUT2D eigenvalue weighted by Gasteiger charge is 2.33. The SMILES string of the molecule is Cc1ccc([C@@H]2CCCCCN2S(=O)(=O)c2ccc3c(c2)CCCC3)cc1. The summed E-state index contributed by atoms with van der Waals surface area (Å²) in [6.45, 7) is 2.68. The molecular formula is C23H29NO2S. The minimum absolute atomic E-state index is 0.0610. The van der Waals surface area contributed by atoms with Crippen molar-refractivity contribution in [3.8, 4) is 0 Å². The molecule has 1 heterocycles. The average molecular weight is 384 g/mol. The van der Waals surface area contributed by atoms with Gasteiger partial charge in [0, 0.05) is 6.54 Å². The van der Waals surface area contributed by atoms with Gasteiger partial charge in [0.25, 0.3) is 0 Å². The second-order valence-electron chi connectivity index (χ2n) is 8.03. The van der Waals surface area contributed by atoms with Crippen LogP contribution in [0, 0.1) is 6.92 Å². The van der Waals surface area contributed by atoms with E-state index in [1.54, 1.807) is 4.31 Å². The van der Waals surface area contributed by atoms with E-state index in [0.29, 0.717) is 11.4 Å². The summed E-state index contributed by atoms with van der Waals surface area (Å²) in [5.41, 5.74) is 4.87. The Morgan fingerprint density at radius 1 is 0.852 bits per heavy atom. The van der Waals surface area contributed by atoms with E-state index in [1.165, 1.54) is 23.1 Å². The molecule has 1 fully saturated rings. The molecule has 0 N–H and O–H groups in total. The third kappa shape index (κ3) is 3.83. The van der Waals surface area contributed by atoms with Crippen molar-refractivity contribution in [1.29, 1.82) is 0 Å². The highest BCUT2D eigenvalue weighted by molar-refractivity contribution is 7.89. The van der Waals surface area contributed by atoms with Crippen LogP contribution < -0.4 is 0 Å². The Labute approximate surface area is 163 Å². The molecule has 1 aliphatic carbocycles. The van der Waals surface area contributed by atoms with Crippen molar-refractivity contribution >= 4 is 10.0 Å². The monoisotopic (exact) mass is 383 g/mol. The van der Waals surface area contributed by atoms with E-state index in [1.807, 2.05) is 18.2 Å². The Balaban J connectivity index is 1.71. The average Bonchev–Trinajstić information content (AvgIpc) is 2.95. The third-order valence-electron chi connectivity index (χ3n) is 6.09. The van der Waals surface area contributed by atoms with Crippen molar-refractivity contribution in [2.24, 2.45) is 0 Å². The van der Waals surface area contributed by atoms with Crippen LogP contribution in [0.3, 0.4) is 0 Å². The van der Waals surface area contributed by atoms with E-state index >= 15 is 0 Å². The lowest BCUT2D eigenvalue weighted by Gasteiger charge is -2.30. The summed E-state index contributed by atoms with van der Waals surface area (Å²) >= 11 is 0. The highest BCUT2D eigenvalue weighted by atomic mass is 32.2. The van der Waals surface area contributed by atoms with Crippen LogP contribution >= 0.6 is 0 Å². The number of sulfonamides is 1. The summed E-state index contributed by atoms with van der Waals surface area (Å²) in [7, 11) is -3.49. The zero-order valence-corrected chi connectivity index (χ0v) is 17.0. The van der Waals surface area contributed by atoms with Crippen molar-refractivity contribution < 1.29 is 8.42 Å². The van der Waals surface area contributed by atoms with Crippen molar-refractivity contribution in [3.05, 3.63) is 64.7 Å². The molecule has 1 saturated heterocycles. The smallest absolute Gasteiger partial charge is 0.207 e. The van der Waals surface area contributed by atoms with Gasteiger partial charge in [-0.1, -0.05) is 48.7 Å². The lowest BCUT2D eigenvalue weighted by molar-refractivity contribution is 0.329. The van der Waals surface area contributed by atoms with E-state index in [0.717, 1.165) is 50.5 Å². The molecule has 2 aliphatic rings. The second kappa shape index (κ2) is 7.76. The largest absolute Gasteiger partial charge is 0.243 e. The predicted molar refractivity (Wildman–Crippen MR) is 109 cm³/mol. The van der Waals surface area contributed by atoms with Crippen molar-refractivity contribution in [1.82, 2.24) is 4.31 Å². The summed E-state index contributed by atoms with van der Waals surface area (Å²) < 4.78 is 29.0. The molecule has 1 aliphatic heterocycles. The van der Waals surface area contributed by atoms with Crippen molar-refractivity contribution in [2.45, 2.75) is 69.2 Å². The van der Waals surface area contributed by atoms with Gasteiger partial charge in [0.15, 0.2) is 0 Å². The topological polar surface area (TPSA) is 37.4 Å². The van der Waals surface area contributed by atoms with Gasteiger partial charge in [0.1, 0.15) is 0 Å². The lowest BCUT2D eigenvalue weighted by atomic mass is 9.92. The first kappa shape index (κ1) is 18.7. The maximum Gasteiger partial charge on any atom is 0.243 e. The summed E-state index contributed by atoms with van der Waals surface area (Å²) in [6, 6.07) is 14.1. The molecule has 4 rings (SSSR count). The Kier molecular flexibility index (Phi) is 5.38. The fourth-order valence-corrected chi connectivity index (χ4v) is 6.23. The minimum Gasteiger partial charge on any atom is -0.207 e. The minimum atomic E-state index is -3.49.